The van der Waals surface area contributed by atoms with Gasteiger partial charge in [-0.15, -0.1) is 0 Å². The van der Waals surface area contributed by atoms with Crippen LogP contribution in [0.3, 0.4) is 0 Å². The van der Waals surface area contributed by atoms with Gasteiger partial charge in [-0.3, -0.25) is 0 Å². The minimum absolute atomic E-state index is 0.0477. The summed E-state index contributed by atoms with van der Waals surface area (Å²) in [6, 6.07) is 2.56. The summed E-state index contributed by atoms with van der Waals surface area (Å²) in [5.74, 6) is -1.18. The topological polar surface area (TPSA) is 37.9 Å². The fourth-order valence-corrected chi connectivity index (χ4v) is 1.50. The highest BCUT2D eigenvalue weighted by molar-refractivity contribution is 5.75. The molecule has 2 rings (SSSR count). The number of hydrogen-bond acceptors (Lipinski definition) is 2. The van der Waals surface area contributed by atoms with Crippen molar-refractivity contribution in [1.29, 1.82) is 0 Å². The molecule has 1 N–H and O–H groups in total. The molecule has 1 heterocycles. The summed E-state index contributed by atoms with van der Waals surface area (Å²) in [5.41, 5.74) is 0.553. The highest BCUT2D eigenvalue weighted by Crippen LogP contribution is 2.18. The summed E-state index contributed by atoms with van der Waals surface area (Å²) in [4.78, 5) is 6.92. The quantitative estimate of drug-likeness (QED) is 0.813. The second kappa shape index (κ2) is 4.57. The van der Waals surface area contributed by atoms with Crippen molar-refractivity contribution in [2.24, 2.45) is 0 Å². The van der Waals surface area contributed by atoms with Crippen molar-refractivity contribution in [3.63, 3.8) is 0 Å². The minimum Gasteiger partial charge on any atom is -0.381 e. The average molecular weight is 226 g/mol. The maximum Gasteiger partial charge on any atom is 0.186 e. The molecule has 0 saturated heterocycles. The molecule has 0 fully saturated rings. The van der Waals surface area contributed by atoms with E-state index in [0.717, 1.165) is 6.07 Å². The van der Waals surface area contributed by atoms with E-state index < -0.39 is 11.6 Å². The Bertz CT molecular complexity index is 496. The Labute approximate surface area is 91.4 Å². The van der Waals surface area contributed by atoms with Gasteiger partial charge in [0.15, 0.2) is 11.6 Å². The highest BCUT2D eigenvalue weighted by atomic mass is 19.2. The summed E-state index contributed by atoms with van der Waals surface area (Å²) in [5, 5.41) is 0. The van der Waals surface area contributed by atoms with Crippen LogP contribution in [0.5, 0.6) is 0 Å². The average Bonchev–Trinajstić information content (AvgIpc) is 2.68. The molecule has 0 atom stereocenters. The lowest BCUT2D eigenvalue weighted by atomic mass is 10.3. The van der Waals surface area contributed by atoms with E-state index in [1.54, 1.807) is 0 Å². The monoisotopic (exact) mass is 226 g/mol. The van der Waals surface area contributed by atoms with E-state index in [0.29, 0.717) is 31.0 Å². The van der Waals surface area contributed by atoms with E-state index in [1.165, 1.54) is 6.07 Å². The Balaban J connectivity index is 2.26. The molecule has 2 aromatic rings. The molecule has 1 aromatic carbocycles. The van der Waals surface area contributed by atoms with Gasteiger partial charge in [0.25, 0.3) is 0 Å². The maximum absolute atomic E-state index is 13.3. The number of aromatic amines is 1. The zero-order valence-corrected chi connectivity index (χ0v) is 8.89. The second-order valence-corrected chi connectivity index (χ2v) is 3.39. The highest BCUT2D eigenvalue weighted by Gasteiger charge is 2.11. The van der Waals surface area contributed by atoms with Crippen LogP contribution in [0.4, 0.5) is 8.78 Å². The third kappa shape index (κ3) is 2.04. The van der Waals surface area contributed by atoms with E-state index in [-0.39, 0.29) is 5.52 Å². The molecule has 16 heavy (non-hydrogen) atoms. The van der Waals surface area contributed by atoms with Gasteiger partial charge in [0.2, 0.25) is 0 Å². The molecule has 0 saturated carbocycles. The zero-order chi connectivity index (χ0) is 11.5. The minimum atomic E-state index is -0.906. The molecule has 86 valence electrons. The molecular formula is C11H12F2N2O. The van der Waals surface area contributed by atoms with Crippen molar-refractivity contribution in [2.45, 2.75) is 13.3 Å². The van der Waals surface area contributed by atoms with Crippen molar-refractivity contribution < 1.29 is 13.5 Å². The number of nitrogens with one attached hydrogen (secondary N) is 1. The first-order chi connectivity index (χ1) is 7.72. The third-order valence-corrected chi connectivity index (χ3v) is 2.28. The van der Waals surface area contributed by atoms with Crippen molar-refractivity contribution >= 4 is 11.0 Å². The number of halogens is 2. The number of ether oxygens (including phenoxy) is 1. The third-order valence-electron chi connectivity index (χ3n) is 2.28. The molecule has 5 heteroatoms. The Morgan fingerprint density at radius 2 is 2.19 bits per heavy atom. The number of aromatic nitrogens is 2. The number of nitrogens with zero attached hydrogens (tertiary/aromatic N) is 1. The molecule has 0 amide bonds. The van der Waals surface area contributed by atoms with E-state index in [1.807, 2.05) is 6.92 Å². The molecule has 0 radical (unpaired) electrons. The predicted molar refractivity (Wildman–Crippen MR) is 56.2 cm³/mol. The standard InChI is InChI=1S/C11H12F2N2O/c1-2-16-6-5-9-14-8-4-3-7(12)10(13)11(8)15-9/h3-4H,2,5-6H2,1H3,(H,14,15). The smallest absolute Gasteiger partial charge is 0.186 e. The van der Waals surface area contributed by atoms with Gasteiger partial charge in [-0.1, -0.05) is 0 Å². The number of H-pyrrole nitrogens is 1. The van der Waals surface area contributed by atoms with Crippen molar-refractivity contribution in [3.05, 3.63) is 29.6 Å². The van der Waals surface area contributed by atoms with Crippen LogP contribution in [-0.2, 0) is 11.2 Å². The largest absolute Gasteiger partial charge is 0.381 e. The summed E-state index contributed by atoms with van der Waals surface area (Å²) in [6.07, 6.45) is 0.559. The lowest BCUT2D eigenvalue weighted by molar-refractivity contribution is 0.149. The summed E-state index contributed by atoms with van der Waals surface area (Å²) >= 11 is 0. The first kappa shape index (κ1) is 11.0. The summed E-state index contributed by atoms with van der Waals surface area (Å²) in [6.45, 7) is 3.04. The molecule has 0 aliphatic rings. The fourth-order valence-electron chi connectivity index (χ4n) is 1.50. The van der Waals surface area contributed by atoms with Crippen molar-refractivity contribution in [3.8, 4) is 0 Å². The molecule has 0 spiro atoms. The fraction of sp³-hybridized carbons (Fsp3) is 0.364. The Kier molecular flexibility index (Phi) is 3.14. The summed E-state index contributed by atoms with van der Waals surface area (Å²) in [7, 11) is 0. The Morgan fingerprint density at radius 1 is 1.38 bits per heavy atom. The van der Waals surface area contributed by atoms with Gasteiger partial charge < -0.3 is 9.72 Å². The van der Waals surface area contributed by atoms with Crippen molar-refractivity contribution in [1.82, 2.24) is 9.97 Å². The van der Waals surface area contributed by atoms with E-state index in [2.05, 4.69) is 9.97 Å². The molecule has 0 unspecified atom stereocenters. The molecule has 0 aliphatic carbocycles. The molecule has 1 aromatic heterocycles. The Hall–Kier alpha value is -1.49. The van der Waals surface area contributed by atoms with E-state index in [9.17, 15) is 8.78 Å². The van der Waals surface area contributed by atoms with Gasteiger partial charge in [-0.2, -0.15) is 0 Å². The molecule has 3 nitrogen and oxygen atoms in total. The van der Waals surface area contributed by atoms with Gasteiger partial charge in [0.05, 0.1) is 12.1 Å². The predicted octanol–water partition coefficient (Wildman–Crippen LogP) is 2.42. The molecule has 0 bridgehead atoms. The van der Waals surface area contributed by atoms with Gasteiger partial charge >= 0.3 is 0 Å². The Morgan fingerprint density at radius 3 is 2.94 bits per heavy atom. The first-order valence-corrected chi connectivity index (χ1v) is 5.12. The van der Waals surface area contributed by atoms with Gasteiger partial charge in [-0.25, -0.2) is 13.8 Å². The van der Waals surface area contributed by atoms with Crippen LogP contribution in [0.2, 0.25) is 0 Å². The van der Waals surface area contributed by atoms with Crippen LogP contribution in [0.25, 0.3) is 11.0 Å². The number of fused-ring (bicyclic) bond motifs is 1. The van der Waals surface area contributed by atoms with Gasteiger partial charge in [0, 0.05) is 13.0 Å². The zero-order valence-electron chi connectivity index (χ0n) is 8.89. The molecular weight excluding hydrogens is 214 g/mol. The van der Waals surface area contributed by atoms with Crippen LogP contribution in [0.1, 0.15) is 12.7 Å². The second-order valence-electron chi connectivity index (χ2n) is 3.39. The van der Waals surface area contributed by atoms with Crippen LogP contribution >= 0.6 is 0 Å². The number of hydrogen-bond donors (Lipinski definition) is 1. The molecule has 0 aliphatic heterocycles. The lowest BCUT2D eigenvalue weighted by Crippen LogP contribution is -1.99. The van der Waals surface area contributed by atoms with Gasteiger partial charge in [0.1, 0.15) is 11.3 Å². The van der Waals surface area contributed by atoms with Crippen LogP contribution in [-0.4, -0.2) is 23.2 Å². The van der Waals surface area contributed by atoms with E-state index >= 15 is 0 Å². The first-order valence-electron chi connectivity index (χ1n) is 5.12. The van der Waals surface area contributed by atoms with Crippen LogP contribution in [0, 0.1) is 11.6 Å². The van der Waals surface area contributed by atoms with Crippen LogP contribution in [0.15, 0.2) is 12.1 Å². The lowest BCUT2D eigenvalue weighted by Gasteiger charge is -1.96. The number of rotatable bonds is 4. The van der Waals surface area contributed by atoms with Crippen LogP contribution < -0.4 is 0 Å². The number of benzene rings is 1. The number of imidazole rings is 1. The van der Waals surface area contributed by atoms with Crippen molar-refractivity contribution in [2.75, 3.05) is 13.2 Å². The SMILES string of the molecule is CCOCCc1nc2c(F)c(F)ccc2[nH]1. The van der Waals surface area contributed by atoms with Gasteiger partial charge in [-0.05, 0) is 19.1 Å². The summed E-state index contributed by atoms with van der Waals surface area (Å²) < 4.78 is 31.4. The normalized spacial score (nSPS) is 11.2. The maximum atomic E-state index is 13.3. The van der Waals surface area contributed by atoms with E-state index in [4.69, 9.17) is 4.74 Å².